The van der Waals surface area contributed by atoms with Gasteiger partial charge in [-0.3, -0.25) is 47.9 Å². The van der Waals surface area contributed by atoms with E-state index in [1.165, 1.54) is 27.7 Å². The third-order valence-corrected chi connectivity index (χ3v) is 20.6. The minimum absolute atomic E-state index is 0.0131. The Morgan fingerprint density at radius 3 is 0.877 bits per heavy atom. The number of esters is 16. The molecule has 26 unspecified atom stereocenters. The Labute approximate surface area is 642 Å². The van der Waals surface area contributed by atoms with Gasteiger partial charge in [-0.2, -0.15) is 13.2 Å². The first-order valence-electron chi connectivity index (χ1n) is 35.8. The SMILES string of the molecule is C=C(C)C(=O)OCC(=O)OC1C2OC(=O)C3C2OC1C3C(=O)OC1CCCC1=O.C=C(C)C(=O)OCC(=O)OC1C2OC(=O)C3C2OC1C3C(=O)OC1CCCCC1=O.C=C(C)C(=O)OCC(=O)OC1C2OC(=O)C3C2OC1C3C(=O)OCC(F)(F)F.C=C(C)COC(=O)C1C2OC3C(OC(=O)C31)C2OC(=O)COC(=O)C(=C)C. The highest BCUT2D eigenvalue weighted by atomic mass is 19.4. The van der Waals surface area contributed by atoms with Gasteiger partial charge in [0.25, 0.3) is 0 Å². The van der Waals surface area contributed by atoms with E-state index in [1.807, 2.05) is 0 Å². The Kier molecular flexibility index (Phi) is 25.2. The molecule has 26 atom stereocenters. The summed E-state index contributed by atoms with van der Waals surface area (Å²) in [7, 11) is 0. The maximum Gasteiger partial charge on any atom is 0.422 e. The number of rotatable bonds is 25. The van der Waals surface area contributed by atoms with E-state index >= 15 is 0 Å². The van der Waals surface area contributed by atoms with Crippen LogP contribution in [0.25, 0.3) is 0 Å². The summed E-state index contributed by atoms with van der Waals surface area (Å²) in [6, 6.07) is 0. The third kappa shape index (κ3) is 17.5. The Morgan fingerprint density at radius 2 is 0.614 bits per heavy atom. The summed E-state index contributed by atoms with van der Waals surface area (Å²) in [5.41, 5.74) is 1.08. The van der Waals surface area contributed by atoms with Crippen molar-refractivity contribution in [1.82, 2.24) is 0 Å². The van der Waals surface area contributed by atoms with E-state index in [0.29, 0.717) is 37.7 Å². The van der Waals surface area contributed by atoms with Crippen molar-refractivity contribution in [2.75, 3.05) is 39.6 Å². The summed E-state index contributed by atoms with van der Waals surface area (Å²) in [5.74, 6) is -21.1. The number of Topliss-reactive ketones (excluding diaryl/α,β-unsaturated/α-hetero) is 2. The first kappa shape index (κ1) is 84.1. The molecule has 0 aromatic heterocycles. The minimum atomic E-state index is -4.74. The molecule has 618 valence electrons. The first-order valence-corrected chi connectivity index (χ1v) is 35.8. The molecule has 41 heteroatoms. The van der Waals surface area contributed by atoms with E-state index in [1.54, 1.807) is 6.92 Å². The number of carbonyl (C=O) groups is 18. The molecule has 38 nitrogen and oxygen atoms in total. The zero-order chi connectivity index (χ0) is 83.1. The number of alkyl halides is 3. The van der Waals surface area contributed by atoms with Crippen molar-refractivity contribution in [3.63, 3.8) is 0 Å². The predicted molar refractivity (Wildman–Crippen MR) is 350 cm³/mol. The van der Waals surface area contributed by atoms with Crippen molar-refractivity contribution in [2.24, 2.45) is 47.3 Å². The van der Waals surface area contributed by atoms with Crippen LogP contribution in [-0.4, -0.2) is 263 Å². The lowest BCUT2D eigenvalue weighted by Gasteiger charge is -2.29. The topological polar surface area (TPSA) is 492 Å². The molecule has 2 saturated carbocycles. The Balaban J connectivity index is 0.000000150. The molecule has 2 aliphatic carbocycles. The summed E-state index contributed by atoms with van der Waals surface area (Å²) < 4.78 is 140. The lowest BCUT2D eigenvalue weighted by atomic mass is 9.78. The van der Waals surface area contributed by atoms with Crippen molar-refractivity contribution in [1.29, 1.82) is 0 Å². The highest BCUT2D eigenvalue weighted by Gasteiger charge is 2.76. The van der Waals surface area contributed by atoms with Crippen LogP contribution in [0.5, 0.6) is 0 Å². The molecule has 12 aliphatic heterocycles. The molecule has 0 N–H and O–H groups in total. The summed E-state index contributed by atoms with van der Waals surface area (Å²) in [6.45, 7) is 20.0. The van der Waals surface area contributed by atoms with Gasteiger partial charge in [-0.1, -0.05) is 32.9 Å². The second-order valence-corrected chi connectivity index (χ2v) is 29.0. The second kappa shape index (κ2) is 34.1. The van der Waals surface area contributed by atoms with Crippen LogP contribution < -0.4 is 0 Å². The second-order valence-electron chi connectivity index (χ2n) is 29.0. The van der Waals surface area contributed by atoms with Gasteiger partial charge in [0.1, 0.15) is 103 Å². The first-order chi connectivity index (χ1) is 53.7. The molecule has 0 radical (unpaired) electrons. The Bertz CT molecular complexity index is 4100. The fourth-order valence-electron chi connectivity index (χ4n) is 15.7. The standard InChI is InChI=1S/C20H22O10.C19H20O10.C18H20O9.C16H15F3O9/c1-8(2)18(23)26-7-11(22)28-16-14-12(13-15(29-14)17(16)30-20(13)25)19(24)27-10-6-4-3-5-9(10)21;1-7(2)17(22)25-6-10(21)27-15-13-11(12-14(28-13)16(15)29-19(12)24)18(23)26-9-5-3-4-8(9)20;1-7(2)5-23-17(21)10-11-13-15(27-18(11)22)14(12(10)26-13)25-9(19)6-24-16(20)8(3)4;1-5(2)13(21)24-3-6(20)26-11-9-7(14(22)25-4-16(17,18)19)8-10(27-9)12(11)28-15(8)23/h10,12-17H,1,3-7H2,2H3;9,11-16H,1,3-6H2,2H3;10-15H,1,3,5-6H2,2,4H3;7-12H,1,3-4H2,2H3. The number of halogens is 3. The molecule has 12 saturated heterocycles. The highest BCUT2D eigenvalue weighted by Crippen LogP contribution is 2.56. The number of ether oxygens (including phenoxy) is 20. The van der Waals surface area contributed by atoms with Gasteiger partial charge in [-0.05, 0) is 72.3 Å². The molecule has 0 amide bonds. The van der Waals surface area contributed by atoms with E-state index in [4.69, 9.17) is 85.3 Å². The summed E-state index contributed by atoms with van der Waals surface area (Å²) in [6.07, 6.45) is -17.5. The maximum absolute atomic E-state index is 12.8. The fraction of sp³-hybridized carbons (Fsp3) is 0.616. The zero-order valence-corrected chi connectivity index (χ0v) is 61.4. The van der Waals surface area contributed by atoms with Crippen LogP contribution in [0.4, 0.5) is 13.2 Å². The molecule has 0 aromatic carbocycles. The van der Waals surface area contributed by atoms with Crippen molar-refractivity contribution < 1.29 is 194 Å². The van der Waals surface area contributed by atoms with Crippen LogP contribution in [0.2, 0.25) is 0 Å². The zero-order valence-electron chi connectivity index (χ0n) is 61.4. The molecule has 0 spiro atoms. The van der Waals surface area contributed by atoms with Crippen LogP contribution in [0, 0.1) is 47.3 Å². The van der Waals surface area contributed by atoms with Gasteiger partial charge in [0.05, 0.1) is 0 Å². The van der Waals surface area contributed by atoms with Crippen molar-refractivity contribution in [2.45, 2.75) is 196 Å². The van der Waals surface area contributed by atoms with Crippen LogP contribution in [0.1, 0.15) is 79.6 Å². The third-order valence-electron chi connectivity index (χ3n) is 20.6. The monoisotopic (exact) mass is 1620 g/mol. The summed E-state index contributed by atoms with van der Waals surface area (Å²) in [4.78, 5) is 216. The molecule has 114 heavy (non-hydrogen) atoms. The predicted octanol–water partition coefficient (Wildman–Crippen LogP) is -0.230. The lowest BCUT2D eigenvalue weighted by molar-refractivity contribution is -0.192. The van der Waals surface area contributed by atoms with Crippen molar-refractivity contribution >= 4 is 107 Å². The number of fused-ring (bicyclic) bond motifs is 4. The number of carbonyl (C=O) groups excluding carboxylic acids is 18. The Morgan fingerprint density at radius 1 is 0.342 bits per heavy atom. The summed E-state index contributed by atoms with van der Waals surface area (Å²) >= 11 is 0. The van der Waals surface area contributed by atoms with Gasteiger partial charge in [-0.25, -0.2) is 38.4 Å². The molecule has 0 aromatic rings. The molecule has 8 bridgehead atoms. The van der Waals surface area contributed by atoms with E-state index in [2.05, 4.69) is 42.4 Å². The smallest absolute Gasteiger partial charge is 0.422 e. The molecular weight excluding hydrogens is 1540 g/mol. The minimum Gasteiger partial charge on any atom is -0.461 e. The number of hydrogen-bond acceptors (Lipinski definition) is 38. The lowest BCUT2D eigenvalue weighted by Crippen LogP contribution is -2.49. The summed E-state index contributed by atoms with van der Waals surface area (Å²) in [5, 5.41) is 0. The largest absolute Gasteiger partial charge is 0.461 e. The van der Waals surface area contributed by atoms with E-state index in [-0.39, 0.29) is 40.5 Å². The molecular formula is C73H77F3O38. The van der Waals surface area contributed by atoms with Crippen LogP contribution in [0.3, 0.4) is 0 Å². The fourth-order valence-corrected chi connectivity index (χ4v) is 15.7. The number of ketones is 2. The van der Waals surface area contributed by atoms with Crippen LogP contribution in [0.15, 0.2) is 60.8 Å². The van der Waals surface area contributed by atoms with Gasteiger partial charge in [-0.15, -0.1) is 0 Å². The number of hydrogen-bond donors (Lipinski definition) is 0. The Hall–Kier alpha value is -10.8. The molecule has 12 heterocycles. The van der Waals surface area contributed by atoms with Gasteiger partial charge in [0, 0.05) is 35.1 Å². The van der Waals surface area contributed by atoms with Crippen LogP contribution >= 0.6 is 0 Å². The van der Waals surface area contributed by atoms with E-state index < -0.39 is 292 Å². The van der Waals surface area contributed by atoms with Crippen molar-refractivity contribution in [3.05, 3.63) is 60.8 Å². The van der Waals surface area contributed by atoms with E-state index in [9.17, 15) is 99.5 Å². The molecule has 14 fully saturated rings. The van der Waals surface area contributed by atoms with Gasteiger partial charge < -0.3 is 94.7 Å². The molecule has 14 aliphatic rings. The average molecular weight is 1620 g/mol. The quantitative estimate of drug-likeness (QED) is 0.0493. The normalized spacial score (nSPS) is 34.6. The van der Waals surface area contributed by atoms with E-state index in [0.717, 1.165) is 12.8 Å². The van der Waals surface area contributed by atoms with Gasteiger partial charge in [0.15, 0.2) is 106 Å². The van der Waals surface area contributed by atoms with Gasteiger partial charge in [0.2, 0.25) is 0 Å². The average Bonchev–Trinajstić information content (AvgIpc) is 1.57. The van der Waals surface area contributed by atoms with Gasteiger partial charge >= 0.3 is 102 Å². The van der Waals surface area contributed by atoms with Crippen LogP contribution in [-0.2, 0) is 181 Å². The highest BCUT2D eigenvalue weighted by molar-refractivity contribution is 5.95. The molecule has 14 rings (SSSR count). The maximum atomic E-state index is 12.8. The van der Waals surface area contributed by atoms with Crippen molar-refractivity contribution in [3.8, 4) is 0 Å².